The number of esters is 2. The number of carbonyl (C=O) groups excluding carboxylic acids is 6. The molecular weight excluding hydrogens is 1040 g/mol. The Morgan fingerprint density at radius 2 is 1.50 bits per heavy atom. The number of ketones is 3. The van der Waals surface area contributed by atoms with Gasteiger partial charge in [0.1, 0.15) is 35.6 Å². The number of amides is 1. The molecule has 0 aromatic heterocycles. The Hall–Kier alpha value is -3.72. The third-order valence-electron chi connectivity index (χ3n) is 17.1. The first-order valence-corrected chi connectivity index (χ1v) is 32.8. The maximum Gasteiger partial charge on any atom is 0.329 e. The van der Waals surface area contributed by atoms with Gasteiger partial charge in [0.25, 0.3) is 11.7 Å². The van der Waals surface area contributed by atoms with Crippen molar-refractivity contribution in [1.82, 2.24) is 4.90 Å². The summed E-state index contributed by atoms with van der Waals surface area (Å²) in [6.07, 6.45) is 12.0. The van der Waals surface area contributed by atoms with Crippen molar-refractivity contribution in [3.8, 4) is 0 Å². The molecule has 1 N–H and O–H groups in total. The molecule has 0 aromatic carbocycles. The zero-order valence-electron chi connectivity index (χ0n) is 51.2. The molecule has 5 rings (SSSR count). The minimum absolute atomic E-state index is 0.0263. The smallest absolute Gasteiger partial charge is 0.329 e. The quantitative estimate of drug-likeness (QED) is 0.0710. The summed E-state index contributed by atoms with van der Waals surface area (Å²) in [5, 5.41) is 12.1. The highest BCUT2D eigenvalue weighted by molar-refractivity contribution is 6.69. The first kappa shape index (κ1) is 67.1. The minimum Gasteiger partial charge on any atom is -0.460 e. The van der Waals surface area contributed by atoms with Gasteiger partial charge >= 0.3 is 11.9 Å². The van der Waals surface area contributed by atoms with E-state index >= 15 is 0 Å². The van der Waals surface area contributed by atoms with Crippen LogP contribution in [-0.4, -0.2) is 155 Å². The number of hydrogen-bond donors (Lipinski definition) is 1. The van der Waals surface area contributed by atoms with E-state index in [0.29, 0.717) is 69.8 Å². The Bertz CT molecular complexity index is 2260. The van der Waals surface area contributed by atoms with E-state index in [0.717, 1.165) is 5.57 Å². The molecule has 0 spiro atoms. The fourth-order valence-corrected chi connectivity index (χ4v) is 13.0. The molecule has 0 radical (unpaired) electrons. The molecule has 3 saturated heterocycles. The maximum absolute atomic E-state index is 14.8. The van der Waals surface area contributed by atoms with Crippen LogP contribution < -0.4 is 0 Å². The van der Waals surface area contributed by atoms with Crippen LogP contribution in [0.5, 0.6) is 0 Å². The van der Waals surface area contributed by atoms with Crippen LogP contribution in [0.3, 0.4) is 0 Å². The van der Waals surface area contributed by atoms with E-state index in [4.69, 9.17) is 42.3 Å². The molecule has 0 unspecified atom stereocenters. The van der Waals surface area contributed by atoms with Gasteiger partial charge in [-0.1, -0.05) is 71.1 Å². The first-order valence-electron chi connectivity index (χ1n) is 29.4. The second-order valence-electron chi connectivity index (χ2n) is 25.7. The number of aliphatic hydroxyl groups is 1. The zero-order chi connectivity index (χ0) is 59.5. The van der Waals surface area contributed by atoms with E-state index in [-0.39, 0.29) is 61.9 Å². The Kier molecular flexibility index (Phi) is 24.5. The molecule has 1 aliphatic carbocycles. The van der Waals surface area contributed by atoms with Crippen molar-refractivity contribution in [1.29, 1.82) is 0 Å². The predicted molar refractivity (Wildman–Crippen MR) is 305 cm³/mol. The Balaban J connectivity index is 1.48. The van der Waals surface area contributed by atoms with Gasteiger partial charge in [-0.3, -0.25) is 24.0 Å². The van der Waals surface area contributed by atoms with E-state index in [9.17, 15) is 33.9 Å². The van der Waals surface area contributed by atoms with Crippen LogP contribution in [0.4, 0.5) is 0 Å². The fraction of sp³-hybridized carbons (Fsp3) is 0.774. The lowest BCUT2D eigenvalue weighted by atomic mass is 9.78. The second-order valence-corrected chi connectivity index (χ2v) is 30.2. The van der Waals surface area contributed by atoms with Crippen LogP contribution in [0.1, 0.15) is 146 Å². The summed E-state index contributed by atoms with van der Waals surface area (Å²) in [6, 6.07) is -1.17. The van der Waals surface area contributed by atoms with E-state index in [2.05, 4.69) is 6.92 Å². The third-order valence-corrected chi connectivity index (χ3v) is 18.1. The van der Waals surface area contributed by atoms with Crippen LogP contribution in [0.25, 0.3) is 0 Å². The summed E-state index contributed by atoms with van der Waals surface area (Å²) in [7, 11) is 2.36. The largest absolute Gasteiger partial charge is 0.460 e. The van der Waals surface area contributed by atoms with Gasteiger partial charge in [-0.2, -0.15) is 0 Å². The van der Waals surface area contributed by atoms with Gasteiger partial charge in [0.15, 0.2) is 19.9 Å². The summed E-state index contributed by atoms with van der Waals surface area (Å²) in [5.74, 6) is -9.08. The lowest BCUT2D eigenvalue weighted by Gasteiger charge is -2.43. The van der Waals surface area contributed by atoms with E-state index in [1.807, 2.05) is 83.8 Å². The molecule has 4 aliphatic heterocycles. The van der Waals surface area contributed by atoms with Gasteiger partial charge in [-0.25, -0.2) is 4.79 Å². The number of hydrogen-bond acceptors (Lipinski definition) is 16. The number of ether oxygens (including phenoxy) is 8. The Morgan fingerprint density at radius 3 is 2.14 bits per heavy atom. The molecule has 80 heavy (non-hydrogen) atoms. The number of methoxy groups -OCH3 is 3. The van der Waals surface area contributed by atoms with Gasteiger partial charge in [0.2, 0.25) is 5.79 Å². The van der Waals surface area contributed by atoms with E-state index in [1.165, 1.54) is 12.0 Å². The summed E-state index contributed by atoms with van der Waals surface area (Å²) in [5.41, 5.74) is 0.561. The molecule has 5 aliphatic rings. The summed E-state index contributed by atoms with van der Waals surface area (Å²) >= 11 is 0. The van der Waals surface area contributed by atoms with Crippen molar-refractivity contribution in [2.75, 3.05) is 41.1 Å². The minimum atomic E-state index is -2.45. The number of allylic oxidation sites excluding steroid dienone is 6. The van der Waals surface area contributed by atoms with Crippen LogP contribution in [-0.2, 0) is 71.1 Å². The number of rotatable bonds is 10. The van der Waals surface area contributed by atoms with Gasteiger partial charge in [-0.15, -0.1) is 0 Å². The molecule has 4 heterocycles. The fourth-order valence-electron chi connectivity index (χ4n) is 11.9. The van der Waals surface area contributed by atoms with Gasteiger partial charge in [0, 0.05) is 58.5 Å². The molecule has 2 bridgehead atoms. The molecular formula is C62H99NO16Si. The number of Topliss-reactive ketones (excluding diaryl/α,β-unsaturated/α-hetero) is 3. The van der Waals surface area contributed by atoms with Crippen LogP contribution in [0.2, 0.25) is 19.6 Å². The number of carbonyl (C=O) groups is 6. The SMILES string of the molecule is CO[C@H]1C[C@@H]2CC[C@@H](C)[C@@](O)(O2)C(=O)C(=O)N2CCCC[C@H]2C(=O)O[C@H]([C@H](C)C[C@@H]2CC[C@@H](OC(=O)C3(C)COC(C)(C)OC3)[C@H](O[13CH3])C2)CC(=O)[C@H](C)/C=C(\C)[C@@H](O[Si](C)(C)C)[C@@H](OC)C(=O)[C@H](C)C[C@H](C)/C=C/C=C/C=C/1C. The van der Waals surface area contributed by atoms with Gasteiger partial charge in [-0.05, 0) is 147 Å². The molecule has 1 saturated carbocycles. The number of piperidine rings is 1. The molecule has 1 amide bonds. The molecule has 18 heteroatoms. The number of cyclic esters (lactones) is 1. The molecule has 0 aromatic rings. The Morgan fingerprint density at radius 1 is 0.812 bits per heavy atom. The monoisotopic (exact) mass is 1140 g/mol. The summed E-state index contributed by atoms with van der Waals surface area (Å²) in [6.45, 7) is 25.0. The zero-order valence-corrected chi connectivity index (χ0v) is 52.2. The van der Waals surface area contributed by atoms with Crippen molar-refractivity contribution in [3.05, 3.63) is 47.6 Å². The highest BCUT2D eigenvalue weighted by Gasteiger charge is 2.53. The van der Waals surface area contributed by atoms with Crippen LogP contribution in [0.15, 0.2) is 47.6 Å². The first-order chi connectivity index (χ1) is 37.5. The molecule has 15 atom stereocenters. The third kappa shape index (κ3) is 17.9. The predicted octanol–water partition coefficient (Wildman–Crippen LogP) is 9.38. The van der Waals surface area contributed by atoms with Crippen molar-refractivity contribution in [2.45, 2.75) is 226 Å². The van der Waals surface area contributed by atoms with Gasteiger partial charge in [0.05, 0.1) is 37.6 Å². The number of fused-ring (bicyclic) bond motifs is 3. The average Bonchev–Trinajstić information content (AvgIpc) is 3.40. The topological polar surface area (TPSA) is 209 Å². The Labute approximate surface area is 478 Å². The lowest BCUT2D eigenvalue weighted by molar-refractivity contribution is -0.283. The van der Waals surface area contributed by atoms with Gasteiger partial charge < -0.3 is 52.3 Å². The van der Waals surface area contributed by atoms with Crippen molar-refractivity contribution in [2.24, 2.45) is 40.9 Å². The van der Waals surface area contributed by atoms with Crippen molar-refractivity contribution < 1.29 is 76.2 Å². The maximum atomic E-state index is 14.8. The lowest BCUT2D eigenvalue weighted by Crippen LogP contribution is -2.61. The van der Waals surface area contributed by atoms with E-state index in [1.54, 1.807) is 48.8 Å². The molecule has 17 nitrogen and oxygen atoms in total. The standard InChI is InChI=1S/C62H99NO16Si/c1-38-22-18-17-19-23-39(2)50(71-11)34-46-27-25-44(7)62(70,78-46)56(66)57(67)63-29-21-20-24-47(63)58(68)76-51(35-48(64)40(3)31-43(6)54(79-80(14,15)16)55(73-13)53(65)42(5)30-38)41(4)32-45-26-28-49(52(33-45)72-12)77-59(69)61(10)36-74-60(8,9)75-37-61/h17-19,22-23,31,38,40-42,44-47,49-52,54-55,70H,20-21,24-30,32-37H2,1-16H3/b19-17+,22-18+,39-23+,43-31+/t38-,40-,41-,42-,44-,45+,46+,47+,49-,50+,51+,52-,54-,55+,62-/m1/s1/i12+1. The highest BCUT2D eigenvalue weighted by Crippen LogP contribution is 2.40. The van der Waals surface area contributed by atoms with Crippen molar-refractivity contribution >= 4 is 43.5 Å². The van der Waals surface area contributed by atoms with Crippen molar-refractivity contribution in [3.63, 3.8) is 0 Å². The second kappa shape index (κ2) is 29.2. The number of nitrogens with zero attached hydrogens (tertiary/aromatic N) is 1. The van der Waals surface area contributed by atoms with Crippen LogP contribution >= 0.6 is 0 Å². The summed E-state index contributed by atoms with van der Waals surface area (Å²) < 4.78 is 55.0. The summed E-state index contributed by atoms with van der Waals surface area (Å²) in [4.78, 5) is 87.6. The molecule has 4 fully saturated rings. The average molecular weight is 1140 g/mol. The van der Waals surface area contributed by atoms with E-state index < -0.39 is 115 Å². The van der Waals surface area contributed by atoms with Crippen LogP contribution in [0, 0.1) is 40.9 Å². The molecule has 452 valence electrons. The normalized spacial score (nSPS) is 37.7. The highest BCUT2D eigenvalue weighted by atomic mass is 28.4.